The van der Waals surface area contributed by atoms with Gasteiger partial charge in [-0.2, -0.15) is 0 Å². The predicted molar refractivity (Wildman–Crippen MR) is 95.3 cm³/mol. The van der Waals surface area contributed by atoms with E-state index in [0.29, 0.717) is 30.8 Å². The Bertz CT molecular complexity index is 502. The first-order valence-corrected chi connectivity index (χ1v) is 8.44. The molecule has 0 bridgehead atoms. The maximum atomic E-state index is 5.82. The van der Waals surface area contributed by atoms with Crippen LogP contribution in [0.1, 0.15) is 38.8 Å². The van der Waals surface area contributed by atoms with Crippen molar-refractivity contribution in [3.8, 4) is 0 Å². The van der Waals surface area contributed by atoms with E-state index in [-0.39, 0.29) is 0 Å². The first kappa shape index (κ1) is 17.8. The van der Waals surface area contributed by atoms with E-state index < -0.39 is 0 Å². The molecule has 1 aromatic carbocycles. The van der Waals surface area contributed by atoms with Crippen molar-refractivity contribution < 1.29 is 4.74 Å². The third-order valence-corrected chi connectivity index (χ3v) is 3.79. The highest BCUT2D eigenvalue weighted by Gasteiger charge is 2.21. The molecule has 0 spiro atoms. The standard InChI is InChI=1S/C18H30N4O/c1-13(2)21-18(19)20-9-16-5-7-17(8-6-16)12-22-10-14(3)23-15(4)11-22/h5-8,13-15H,9-12H2,1-4H3,(H3,19,20,21). The molecule has 128 valence electrons. The van der Waals surface area contributed by atoms with E-state index >= 15 is 0 Å². The molecule has 1 aromatic rings. The molecule has 0 amide bonds. The maximum Gasteiger partial charge on any atom is 0.189 e. The third kappa shape index (κ3) is 6.20. The molecule has 5 nitrogen and oxygen atoms in total. The van der Waals surface area contributed by atoms with E-state index in [4.69, 9.17) is 10.5 Å². The van der Waals surface area contributed by atoms with Gasteiger partial charge in [0.1, 0.15) is 0 Å². The lowest BCUT2D eigenvalue weighted by molar-refractivity contribution is -0.0704. The fraction of sp³-hybridized carbons (Fsp3) is 0.611. The summed E-state index contributed by atoms with van der Waals surface area (Å²) in [4.78, 5) is 6.81. The van der Waals surface area contributed by atoms with E-state index in [1.165, 1.54) is 11.1 Å². The molecule has 2 unspecified atom stereocenters. The lowest BCUT2D eigenvalue weighted by atomic mass is 10.1. The SMILES string of the molecule is CC(C)NC(N)=NCc1ccc(CN2CC(C)OC(C)C2)cc1. The summed E-state index contributed by atoms with van der Waals surface area (Å²) in [7, 11) is 0. The number of guanidine groups is 1. The number of nitrogens with zero attached hydrogens (tertiary/aromatic N) is 2. The molecule has 0 aliphatic carbocycles. The molecule has 1 fully saturated rings. The van der Waals surface area contributed by atoms with Crippen molar-refractivity contribution in [1.29, 1.82) is 0 Å². The molecule has 1 saturated heterocycles. The first-order valence-electron chi connectivity index (χ1n) is 8.44. The summed E-state index contributed by atoms with van der Waals surface area (Å²) in [6.07, 6.45) is 0.618. The van der Waals surface area contributed by atoms with Crippen molar-refractivity contribution in [2.45, 2.75) is 59.0 Å². The van der Waals surface area contributed by atoms with Gasteiger partial charge < -0.3 is 15.8 Å². The number of rotatable bonds is 5. The fourth-order valence-electron chi connectivity index (χ4n) is 2.94. The number of aliphatic imine (C=N–C) groups is 1. The summed E-state index contributed by atoms with van der Waals surface area (Å²) >= 11 is 0. The summed E-state index contributed by atoms with van der Waals surface area (Å²) in [5, 5.41) is 3.10. The minimum Gasteiger partial charge on any atom is -0.373 e. The molecule has 3 N–H and O–H groups in total. The van der Waals surface area contributed by atoms with Crippen LogP contribution in [0.4, 0.5) is 0 Å². The van der Waals surface area contributed by atoms with Crippen LogP contribution in [0.2, 0.25) is 0 Å². The van der Waals surface area contributed by atoms with Crippen molar-refractivity contribution in [3.63, 3.8) is 0 Å². The van der Waals surface area contributed by atoms with Gasteiger partial charge in [-0.25, -0.2) is 4.99 Å². The van der Waals surface area contributed by atoms with Gasteiger partial charge in [-0.1, -0.05) is 24.3 Å². The van der Waals surface area contributed by atoms with Crippen LogP contribution in [0, 0.1) is 0 Å². The van der Waals surface area contributed by atoms with Crippen LogP contribution in [-0.4, -0.2) is 42.2 Å². The van der Waals surface area contributed by atoms with Gasteiger partial charge in [0.05, 0.1) is 18.8 Å². The van der Waals surface area contributed by atoms with Gasteiger partial charge in [0, 0.05) is 25.7 Å². The zero-order valence-corrected chi connectivity index (χ0v) is 14.7. The molecule has 23 heavy (non-hydrogen) atoms. The van der Waals surface area contributed by atoms with Gasteiger partial charge in [0.2, 0.25) is 0 Å². The van der Waals surface area contributed by atoms with Gasteiger partial charge in [0.15, 0.2) is 5.96 Å². The molecule has 0 saturated carbocycles. The van der Waals surface area contributed by atoms with E-state index in [1.807, 2.05) is 13.8 Å². The van der Waals surface area contributed by atoms with E-state index in [0.717, 1.165) is 19.6 Å². The zero-order valence-electron chi connectivity index (χ0n) is 14.7. The molecule has 1 heterocycles. The topological polar surface area (TPSA) is 62.9 Å². The maximum absolute atomic E-state index is 5.82. The largest absolute Gasteiger partial charge is 0.373 e. The van der Waals surface area contributed by atoms with Crippen LogP contribution in [0.25, 0.3) is 0 Å². The second kappa shape index (κ2) is 8.31. The van der Waals surface area contributed by atoms with Crippen LogP contribution in [0.3, 0.4) is 0 Å². The zero-order chi connectivity index (χ0) is 16.8. The molecule has 2 rings (SSSR count). The van der Waals surface area contributed by atoms with E-state index in [9.17, 15) is 0 Å². The highest BCUT2D eigenvalue weighted by Crippen LogP contribution is 2.15. The molecule has 1 aliphatic rings. The van der Waals surface area contributed by atoms with E-state index in [1.54, 1.807) is 0 Å². The Morgan fingerprint density at radius 3 is 2.35 bits per heavy atom. The fourth-order valence-corrected chi connectivity index (χ4v) is 2.94. The highest BCUT2D eigenvalue weighted by molar-refractivity contribution is 5.78. The van der Waals surface area contributed by atoms with Crippen molar-refractivity contribution >= 4 is 5.96 Å². The lowest BCUT2D eigenvalue weighted by Crippen LogP contribution is -2.44. The molecule has 5 heteroatoms. The van der Waals surface area contributed by atoms with Crippen LogP contribution in [-0.2, 0) is 17.8 Å². The number of ether oxygens (including phenoxy) is 1. The quantitative estimate of drug-likeness (QED) is 0.645. The number of benzene rings is 1. The molecule has 1 aliphatic heterocycles. The number of nitrogens with two attached hydrogens (primary N) is 1. The summed E-state index contributed by atoms with van der Waals surface area (Å²) in [5.41, 5.74) is 8.32. The Balaban J connectivity index is 1.87. The Morgan fingerprint density at radius 1 is 1.22 bits per heavy atom. The van der Waals surface area contributed by atoms with Crippen LogP contribution in [0.15, 0.2) is 29.3 Å². The Morgan fingerprint density at radius 2 is 1.78 bits per heavy atom. The van der Waals surface area contributed by atoms with Gasteiger partial charge in [-0.15, -0.1) is 0 Å². The average Bonchev–Trinajstić information content (AvgIpc) is 2.45. The third-order valence-electron chi connectivity index (χ3n) is 3.79. The second-order valence-electron chi connectivity index (χ2n) is 6.77. The second-order valence-corrected chi connectivity index (χ2v) is 6.77. The van der Waals surface area contributed by atoms with Crippen molar-refractivity contribution in [2.24, 2.45) is 10.7 Å². The van der Waals surface area contributed by atoms with Gasteiger partial charge in [0.25, 0.3) is 0 Å². The summed E-state index contributed by atoms with van der Waals surface area (Å²) < 4.78 is 5.78. The summed E-state index contributed by atoms with van der Waals surface area (Å²) in [6.45, 7) is 11.9. The molecule has 0 radical (unpaired) electrons. The van der Waals surface area contributed by atoms with Crippen molar-refractivity contribution in [2.75, 3.05) is 13.1 Å². The van der Waals surface area contributed by atoms with Gasteiger partial charge in [-0.05, 0) is 38.8 Å². The summed E-state index contributed by atoms with van der Waals surface area (Å²) in [5.74, 6) is 0.500. The smallest absolute Gasteiger partial charge is 0.189 e. The number of nitrogens with one attached hydrogen (secondary N) is 1. The monoisotopic (exact) mass is 318 g/mol. The molecule has 0 aromatic heterocycles. The van der Waals surface area contributed by atoms with Crippen molar-refractivity contribution in [3.05, 3.63) is 35.4 Å². The number of hydrogen-bond acceptors (Lipinski definition) is 3. The lowest BCUT2D eigenvalue weighted by Gasteiger charge is -2.35. The van der Waals surface area contributed by atoms with Gasteiger partial charge >= 0.3 is 0 Å². The Kier molecular flexibility index (Phi) is 6.42. The minimum atomic E-state index is 0.305. The minimum absolute atomic E-state index is 0.305. The van der Waals surface area contributed by atoms with Crippen molar-refractivity contribution in [1.82, 2.24) is 10.2 Å². The molecule has 2 atom stereocenters. The Labute approximate surface area is 139 Å². The Hall–Kier alpha value is -1.59. The predicted octanol–water partition coefficient (Wildman–Crippen LogP) is 2.11. The van der Waals surface area contributed by atoms with E-state index in [2.05, 4.69) is 53.3 Å². The van der Waals surface area contributed by atoms with Crippen LogP contribution in [0.5, 0.6) is 0 Å². The van der Waals surface area contributed by atoms with Crippen LogP contribution >= 0.6 is 0 Å². The highest BCUT2D eigenvalue weighted by atomic mass is 16.5. The van der Waals surface area contributed by atoms with Gasteiger partial charge in [-0.3, -0.25) is 4.90 Å². The van der Waals surface area contributed by atoms with Crippen LogP contribution < -0.4 is 11.1 Å². The normalized spacial score (nSPS) is 23.3. The molecular formula is C18H30N4O. The summed E-state index contributed by atoms with van der Waals surface area (Å²) in [6, 6.07) is 8.94. The average molecular weight is 318 g/mol. The number of hydrogen-bond donors (Lipinski definition) is 2. The first-order chi connectivity index (χ1) is 10.9. The molecular weight excluding hydrogens is 288 g/mol. The number of morpholine rings is 1.